The van der Waals surface area contributed by atoms with E-state index < -0.39 is 0 Å². The summed E-state index contributed by atoms with van der Waals surface area (Å²) in [7, 11) is 4.07. The average Bonchev–Trinajstić information content (AvgIpc) is 2.69. The number of carbonyl (C=O) groups excluding carboxylic acids is 1. The second-order valence-corrected chi connectivity index (χ2v) is 6.43. The van der Waals surface area contributed by atoms with Gasteiger partial charge in [0.15, 0.2) is 0 Å². The maximum atomic E-state index is 11.8. The molecule has 0 aliphatic carbocycles. The maximum Gasteiger partial charge on any atom is 0.225 e. The fraction of sp³-hybridized carbons (Fsp3) is 0.615. The average molecular weight is 254 g/mol. The van der Waals surface area contributed by atoms with Gasteiger partial charge in [0, 0.05) is 16.8 Å². The lowest BCUT2D eigenvalue weighted by molar-refractivity contribution is -0.128. The van der Waals surface area contributed by atoms with Crippen LogP contribution in [0.15, 0.2) is 17.5 Å². The summed E-state index contributed by atoms with van der Waals surface area (Å²) in [6.07, 6.45) is 0. The molecule has 1 amide bonds. The number of thiophene rings is 1. The summed E-state index contributed by atoms with van der Waals surface area (Å²) in [6.45, 7) is 6.44. The molecule has 1 aromatic rings. The third-order valence-electron chi connectivity index (χ3n) is 2.63. The summed E-state index contributed by atoms with van der Waals surface area (Å²) < 4.78 is 0. The van der Waals surface area contributed by atoms with Crippen molar-refractivity contribution in [1.82, 2.24) is 10.2 Å². The van der Waals surface area contributed by atoms with E-state index in [4.69, 9.17) is 0 Å². The normalized spacial score (nSPS) is 13.8. The number of hydrogen-bond acceptors (Lipinski definition) is 3. The Labute approximate surface area is 108 Å². The summed E-state index contributed by atoms with van der Waals surface area (Å²) in [4.78, 5) is 15.3. The molecular weight excluding hydrogens is 232 g/mol. The predicted molar refractivity (Wildman–Crippen MR) is 73.2 cm³/mol. The van der Waals surface area contributed by atoms with Gasteiger partial charge in [-0.25, -0.2) is 0 Å². The van der Waals surface area contributed by atoms with E-state index in [-0.39, 0.29) is 17.4 Å². The van der Waals surface area contributed by atoms with Gasteiger partial charge in [0.05, 0.1) is 6.04 Å². The minimum Gasteiger partial charge on any atom is -0.354 e. The first-order chi connectivity index (χ1) is 7.82. The van der Waals surface area contributed by atoms with Gasteiger partial charge in [0.25, 0.3) is 0 Å². The largest absolute Gasteiger partial charge is 0.354 e. The lowest BCUT2D eigenvalue weighted by Gasteiger charge is -2.25. The molecule has 1 heterocycles. The number of hydrogen-bond donors (Lipinski definition) is 1. The van der Waals surface area contributed by atoms with Crippen molar-refractivity contribution in [3.63, 3.8) is 0 Å². The first-order valence-electron chi connectivity index (χ1n) is 5.80. The summed E-state index contributed by atoms with van der Waals surface area (Å²) in [5.74, 6) is 0.0981. The summed E-state index contributed by atoms with van der Waals surface area (Å²) in [5, 5.41) is 5.09. The Bertz CT molecular complexity index is 352. The maximum absolute atomic E-state index is 11.8. The quantitative estimate of drug-likeness (QED) is 0.895. The van der Waals surface area contributed by atoms with Gasteiger partial charge in [0.2, 0.25) is 5.91 Å². The Morgan fingerprint density at radius 2 is 2.12 bits per heavy atom. The highest BCUT2D eigenvalue weighted by Crippen LogP contribution is 2.23. The molecule has 0 aliphatic heterocycles. The number of rotatable bonds is 4. The number of likely N-dealkylation sites (N-methyl/N-ethyl adjacent to an activating group) is 1. The number of carbonyl (C=O) groups is 1. The third-order valence-corrected chi connectivity index (χ3v) is 3.61. The molecule has 3 nitrogen and oxygen atoms in total. The summed E-state index contributed by atoms with van der Waals surface area (Å²) >= 11 is 1.73. The van der Waals surface area contributed by atoms with E-state index in [2.05, 4.69) is 21.7 Å². The van der Waals surface area contributed by atoms with Gasteiger partial charge in [-0.1, -0.05) is 26.8 Å². The van der Waals surface area contributed by atoms with Crippen LogP contribution in [-0.4, -0.2) is 31.4 Å². The lowest BCUT2D eigenvalue weighted by Crippen LogP contribution is -2.39. The molecule has 1 N–H and O–H groups in total. The second kappa shape index (κ2) is 5.65. The Morgan fingerprint density at radius 1 is 1.47 bits per heavy atom. The van der Waals surface area contributed by atoms with Crippen LogP contribution < -0.4 is 5.32 Å². The van der Waals surface area contributed by atoms with Crippen molar-refractivity contribution in [1.29, 1.82) is 0 Å². The molecule has 1 aromatic heterocycles. The first-order valence-corrected chi connectivity index (χ1v) is 6.68. The molecular formula is C13H22N2OS. The van der Waals surface area contributed by atoms with E-state index in [9.17, 15) is 4.79 Å². The zero-order chi connectivity index (χ0) is 13.1. The van der Waals surface area contributed by atoms with Crippen molar-refractivity contribution in [3.8, 4) is 0 Å². The second-order valence-electron chi connectivity index (χ2n) is 5.45. The van der Waals surface area contributed by atoms with Crippen LogP contribution in [0.3, 0.4) is 0 Å². The molecule has 0 saturated heterocycles. The monoisotopic (exact) mass is 254 g/mol. The number of amides is 1. The molecule has 4 heteroatoms. The molecule has 0 fully saturated rings. The van der Waals surface area contributed by atoms with Gasteiger partial charge in [-0.2, -0.15) is 0 Å². The third kappa shape index (κ3) is 4.13. The van der Waals surface area contributed by atoms with Crippen molar-refractivity contribution in [3.05, 3.63) is 22.4 Å². The molecule has 0 aliphatic rings. The van der Waals surface area contributed by atoms with Crippen LogP contribution in [0.5, 0.6) is 0 Å². The minimum atomic E-state index is -0.327. The number of nitrogens with zero attached hydrogens (tertiary/aromatic N) is 1. The predicted octanol–water partition coefficient (Wildman–Crippen LogP) is 2.51. The molecule has 1 atom stereocenters. The van der Waals surface area contributed by atoms with E-state index in [1.165, 1.54) is 4.88 Å². The highest BCUT2D eigenvalue weighted by Gasteiger charge is 2.23. The van der Waals surface area contributed by atoms with Gasteiger partial charge in [-0.15, -0.1) is 11.3 Å². The molecule has 96 valence electrons. The van der Waals surface area contributed by atoms with Crippen LogP contribution in [0.4, 0.5) is 0 Å². The van der Waals surface area contributed by atoms with E-state index in [0.29, 0.717) is 6.54 Å². The number of nitrogens with one attached hydrogen (secondary N) is 1. The molecule has 0 bridgehead atoms. The topological polar surface area (TPSA) is 32.3 Å². The molecule has 0 aromatic carbocycles. The van der Waals surface area contributed by atoms with Crippen LogP contribution in [0.25, 0.3) is 0 Å². The molecule has 1 rings (SSSR count). The Morgan fingerprint density at radius 3 is 2.53 bits per heavy atom. The Hall–Kier alpha value is -0.870. The standard InChI is InChI=1S/C13H22N2OS/c1-13(2,3)12(16)14-9-10(15(4)5)11-7-6-8-17-11/h6-8,10H,9H2,1-5H3,(H,14,16). The van der Waals surface area contributed by atoms with Crippen LogP contribution in [-0.2, 0) is 4.79 Å². The first kappa shape index (κ1) is 14.2. The van der Waals surface area contributed by atoms with Gasteiger partial charge >= 0.3 is 0 Å². The molecule has 17 heavy (non-hydrogen) atoms. The Balaban J connectivity index is 2.61. The van der Waals surface area contributed by atoms with Gasteiger partial charge < -0.3 is 10.2 Å². The molecule has 0 saturated carbocycles. The van der Waals surface area contributed by atoms with E-state index in [1.54, 1.807) is 11.3 Å². The van der Waals surface area contributed by atoms with Crippen LogP contribution >= 0.6 is 11.3 Å². The van der Waals surface area contributed by atoms with E-state index >= 15 is 0 Å². The van der Waals surface area contributed by atoms with Gasteiger partial charge in [-0.3, -0.25) is 4.79 Å². The van der Waals surface area contributed by atoms with E-state index in [1.807, 2.05) is 40.9 Å². The molecule has 0 spiro atoms. The van der Waals surface area contributed by atoms with Crippen LogP contribution in [0.2, 0.25) is 0 Å². The Kier molecular flexibility index (Phi) is 4.71. The van der Waals surface area contributed by atoms with Crippen molar-refractivity contribution in [2.45, 2.75) is 26.8 Å². The summed E-state index contributed by atoms with van der Waals surface area (Å²) in [6, 6.07) is 4.40. The van der Waals surface area contributed by atoms with Crippen LogP contribution in [0.1, 0.15) is 31.7 Å². The zero-order valence-electron chi connectivity index (χ0n) is 11.3. The van der Waals surface area contributed by atoms with Crippen LogP contribution in [0, 0.1) is 5.41 Å². The SMILES string of the molecule is CN(C)C(CNC(=O)C(C)(C)C)c1cccs1. The van der Waals surface area contributed by atoms with Gasteiger partial charge in [0.1, 0.15) is 0 Å². The molecule has 1 unspecified atom stereocenters. The zero-order valence-corrected chi connectivity index (χ0v) is 12.1. The van der Waals surface area contributed by atoms with Crippen molar-refractivity contribution < 1.29 is 4.79 Å². The van der Waals surface area contributed by atoms with Crippen molar-refractivity contribution >= 4 is 17.2 Å². The molecule has 0 radical (unpaired) electrons. The highest BCUT2D eigenvalue weighted by atomic mass is 32.1. The summed E-state index contributed by atoms with van der Waals surface area (Å²) in [5.41, 5.74) is -0.327. The lowest BCUT2D eigenvalue weighted by atomic mass is 9.95. The fourth-order valence-corrected chi connectivity index (χ4v) is 2.40. The highest BCUT2D eigenvalue weighted by molar-refractivity contribution is 7.10. The van der Waals surface area contributed by atoms with E-state index in [0.717, 1.165) is 0 Å². The van der Waals surface area contributed by atoms with Crippen molar-refractivity contribution in [2.75, 3.05) is 20.6 Å². The fourth-order valence-electron chi connectivity index (χ4n) is 1.47. The van der Waals surface area contributed by atoms with Crippen molar-refractivity contribution in [2.24, 2.45) is 5.41 Å². The van der Waals surface area contributed by atoms with Gasteiger partial charge in [-0.05, 0) is 25.5 Å². The minimum absolute atomic E-state index is 0.0981. The smallest absolute Gasteiger partial charge is 0.225 e.